The van der Waals surface area contributed by atoms with E-state index in [1.807, 2.05) is 18.2 Å². The van der Waals surface area contributed by atoms with E-state index in [-0.39, 0.29) is 0 Å². The van der Waals surface area contributed by atoms with Crippen LogP contribution >= 0.6 is 0 Å². The summed E-state index contributed by atoms with van der Waals surface area (Å²) >= 11 is 0. The number of aryl methyl sites for hydroxylation is 1. The topological polar surface area (TPSA) is 77.5 Å². The third-order valence-electron chi connectivity index (χ3n) is 4.08. The van der Waals surface area contributed by atoms with Crippen molar-refractivity contribution < 1.29 is 19.1 Å². The number of rotatable bonds is 5. The van der Waals surface area contributed by atoms with Crippen molar-refractivity contribution in [3.05, 3.63) is 65.9 Å². The first-order chi connectivity index (χ1) is 13.0. The molecule has 0 saturated carbocycles. The molecule has 1 atom stereocenters. The van der Waals surface area contributed by atoms with Crippen LogP contribution < -0.4 is 10.1 Å². The first kappa shape index (κ1) is 18.4. The molecule has 0 unspecified atom stereocenters. The Morgan fingerprint density at radius 2 is 1.78 bits per heavy atom. The van der Waals surface area contributed by atoms with Crippen molar-refractivity contribution in [2.75, 3.05) is 12.4 Å². The van der Waals surface area contributed by atoms with E-state index in [9.17, 15) is 9.59 Å². The Morgan fingerprint density at radius 1 is 1.07 bits per heavy atom. The highest BCUT2D eigenvalue weighted by molar-refractivity contribution is 6.05. The molecule has 6 heteroatoms. The smallest absolute Gasteiger partial charge is 0.339 e. The first-order valence-electron chi connectivity index (χ1n) is 8.51. The number of hydrogen-bond donors (Lipinski definition) is 1. The number of nitrogens with zero attached hydrogens (tertiary/aromatic N) is 1. The minimum Gasteiger partial charge on any atom is -0.495 e. The summed E-state index contributed by atoms with van der Waals surface area (Å²) in [6.45, 7) is 3.33. The van der Waals surface area contributed by atoms with Crippen molar-refractivity contribution in [2.45, 2.75) is 20.0 Å². The lowest BCUT2D eigenvalue weighted by Crippen LogP contribution is -2.30. The van der Waals surface area contributed by atoms with Crippen molar-refractivity contribution in [3.8, 4) is 5.75 Å². The van der Waals surface area contributed by atoms with Gasteiger partial charge in [-0.15, -0.1) is 0 Å². The predicted octanol–water partition coefficient (Wildman–Crippen LogP) is 3.74. The van der Waals surface area contributed by atoms with Crippen molar-refractivity contribution in [3.63, 3.8) is 0 Å². The Hall–Kier alpha value is -3.41. The molecule has 3 aromatic rings. The van der Waals surface area contributed by atoms with Crippen LogP contribution in [0.1, 0.15) is 23.0 Å². The summed E-state index contributed by atoms with van der Waals surface area (Å²) in [5.41, 5.74) is 2.30. The van der Waals surface area contributed by atoms with Crippen molar-refractivity contribution in [1.29, 1.82) is 0 Å². The van der Waals surface area contributed by atoms with Gasteiger partial charge in [-0.1, -0.05) is 30.3 Å². The summed E-state index contributed by atoms with van der Waals surface area (Å²) in [6.07, 6.45) is -0.977. The van der Waals surface area contributed by atoms with Crippen LogP contribution in [-0.2, 0) is 9.53 Å². The Morgan fingerprint density at radius 3 is 2.56 bits per heavy atom. The molecule has 0 radical (unpaired) electrons. The van der Waals surface area contributed by atoms with Crippen LogP contribution in [0.5, 0.6) is 5.75 Å². The monoisotopic (exact) mass is 364 g/mol. The highest BCUT2D eigenvalue weighted by atomic mass is 16.5. The van der Waals surface area contributed by atoms with Gasteiger partial charge in [-0.3, -0.25) is 9.78 Å². The number of esters is 1. The van der Waals surface area contributed by atoms with Gasteiger partial charge < -0.3 is 14.8 Å². The van der Waals surface area contributed by atoms with E-state index in [0.717, 1.165) is 0 Å². The van der Waals surface area contributed by atoms with Crippen molar-refractivity contribution in [1.82, 2.24) is 4.98 Å². The summed E-state index contributed by atoms with van der Waals surface area (Å²) in [4.78, 5) is 29.5. The number of fused-ring (bicyclic) bond motifs is 1. The molecule has 0 saturated heterocycles. The first-order valence-corrected chi connectivity index (χ1v) is 8.51. The Balaban J connectivity index is 1.77. The molecule has 0 aliphatic carbocycles. The van der Waals surface area contributed by atoms with Crippen LogP contribution in [0, 0.1) is 6.92 Å². The summed E-state index contributed by atoms with van der Waals surface area (Å²) in [5.74, 6) is -0.484. The molecule has 0 bridgehead atoms. The van der Waals surface area contributed by atoms with Crippen molar-refractivity contribution in [2.24, 2.45) is 0 Å². The molecular weight excluding hydrogens is 344 g/mol. The number of aromatic nitrogens is 1. The highest BCUT2D eigenvalue weighted by Gasteiger charge is 2.21. The van der Waals surface area contributed by atoms with E-state index >= 15 is 0 Å². The molecule has 0 spiro atoms. The number of anilines is 1. The molecule has 27 heavy (non-hydrogen) atoms. The number of benzene rings is 2. The zero-order valence-corrected chi connectivity index (χ0v) is 15.4. The fraction of sp³-hybridized carbons (Fsp3) is 0.190. The minimum atomic E-state index is -0.977. The number of hydrogen-bond acceptors (Lipinski definition) is 5. The van der Waals surface area contributed by atoms with Gasteiger partial charge in [0.25, 0.3) is 5.91 Å². The van der Waals surface area contributed by atoms with Crippen molar-refractivity contribution >= 4 is 28.5 Å². The SMILES string of the molecule is COc1ccccc1NC(=O)[C@H](C)OC(=O)c1cc(C)nc2ccccc12. The third kappa shape index (κ3) is 4.06. The zero-order valence-electron chi connectivity index (χ0n) is 15.4. The average molecular weight is 364 g/mol. The number of amides is 1. The number of ether oxygens (including phenoxy) is 2. The van der Waals surface area contributed by atoms with E-state index in [4.69, 9.17) is 9.47 Å². The third-order valence-corrected chi connectivity index (χ3v) is 4.08. The maximum absolute atomic E-state index is 12.6. The second-order valence-electron chi connectivity index (χ2n) is 6.07. The van der Waals surface area contributed by atoms with E-state index < -0.39 is 18.0 Å². The normalized spacial score (nSPS) is 11.7. The van der Waals surface area contributed by atoms with Gasteiger partial charge in [0.05, 0.1) is 23.9 Å². The van der Waals surface area contributed by atoms with Crippen LogP contribution in [0.3, 0.4) is 0 Å². The second kappa shape index (κ2) is 7.86. The van der Waals surface area contributed by atoms with E-state index in [1.54, 1.807) is 43.3 Å². The molecule has 1 heterocycles. The zero-order chi connectivity index (χ0) is 19.4. The van der Waals surface area contributed by atoms with Gasteiger partial charge in [-0.25, -0.2) is 4.79 Å². The van der Waals surface area contributed by atoms with Gasteiger partial charge in [-0.05, 0) is 38.1 Å². The van der Waals surface area contributed by atoms with Crippen LogP contribution in [0.25, 0.3) is 10.9 Å². The molecule has 6 nitrogen and oxygen atoms in total. The molecular formula is C21H20N2O4. The Labute approximate surface area is 157 Å². The van der Waals surface area contributed by atoms with Crippen LogP contribution in [0.2, 0.25) is 0 Å². The predicted molar refractivity (Wildman–Crippen MR) is 103 cm³/mol. The fourth-order valence-electron chi connectivity index (χ4n) is 2.74. The molecule has 1 N–H and O–H groups in total. The highest BCUT2D eigenvalue weighted by Crippen LogP contribution is 2.24. The Kier molecular flexibility index (Phi) is 5.35. The molecule has 3 rings (SSSR count). The number of carbonyl (C=O) groups is 2. The van der Waals surface area contributed by atoms with Gasteiger partial charge >= 0.3 is 5.97 Å². The number of pyridine rings is 1. The van der Waals surface area contributed by atoms with Crippen LogP contribution in [0.15, 0.2) is 54.6 Å². The van der Waals surface area contributed by atoms with Gasteiger partial charge in [0.2, 0.25) is 0 Å². The quantitative estimate of drug-likeness (QED) is 0.698. The second-order valence-corrected chi connectivity index (χ2v) is 6.07. The maximum Gasteiger partial charge on any atom is 0.339 e. The molecule has 0 aliphatic heterocycles. The lowest BCUT2D eigenvalue weighted by atomic mass is 10.1. The van der Waals surface area contributed by atoms with Gasteiger partial charge in [0, 0.05) is 11.1 Å². The molecule has 0 fully saturated rings. The van der Waals surface area contributed by atoms with Gasteiger partial charge in [0.1, 0.15) is 5.75 Å². The summed E-state index contributed by atoms with van der Waals surface area (Å²) in [5, 5.41) is 3.40. The van der Waals surface area contributed by atoms with E-state index in [2.05, 4.69) is 10.3 Å². The molecule has 2 aromatic carbocycles. The maximum atomic E-state index is 12.6. The largest absolute Gasteiger partial charge is 0.495 e. The summed E-state index contributed by atoms with van der Waals surface area (Å²) < 4.78 is 10.6. The number of carbonyl (C=O) groups excluding carboxylic acids is 2. The van der Waals surface area contributed by atoms with Crippen LogP contribution in [-0.4, -0.2) is 30.1 Å². The van der Waals surface area contributed by atoms with E-state index in [1.165, 1.54) is 14.0 Å². The van der Waals surface area contributed by atoms with Crippen LogP contribution in [0.4, 0.5) is 5.69 Å². The molecule has 0 aliphatic rings. The van der Waals surface area contributed by atoms with Gasteiger partial charge in [-0.2, -0.15) is 0 Å². The lowest BCUT2D eigenvalue weighted by Gasteiger charge is -2.16. The lowest BCUT2D eigenvalue weighted by molar-refractivity contribution is -0.123. The molecule has 138 valence electrons. The van der Waals surface area contributed by atoms with Gasteiger partial charge in [0.15, 0.2) is 6.10 Å². The number of para-hydroxylation sites is 3. The minimum absolute atomic E-state index is 0.384. The number of nitrogens with one attached hydrogen (secondary N) is 1. The standard InChI is InChI=1S/C21H20N2O4/c1-13-12-16(15-8-4-5-9-17(15)22-13)21(25)27-14(2)20(24)23-18-10-6-7-11-19(18)26-3/h4-12,14H,1-3H3,(H,23,24)/t14-/m0/s1. The summed E-state index contributed by atoms with van der Waals surface area (Å²) in [7, 11) is 1.52. The number of methoxy groups -OCH3 is 1. The Bertz CT molecular complexity index is 1000. The van der Waals surface area contributed by atoms with E-state index in [0.29, 0.717) is 33.6 Å². The molecule has 1 aromatic heterocycles. The average Bonchev–Trinajstić information content (AvgIpc) is 2.67. The molecule has 1 amide bonds. The fourth-order valence-corrected chi connectivity index (χ4v) is 2.74. The summed E-state index contributed by atoms with van der Waals surface area (Å²) in [6, 6.07) is 16.0.